The van der Waals surface area contributed by atoms with Crippen LogP contribution < -0.4 is 5.32 Å². The molecule has 0 amide bonds. The Morgan fingerprint density at radius 2 is 1.62 bits per heavy atom. The van der Waals surface area contributed by atoms with E-state index < -0.39 is 11.5 Å². The van der Waals surface area contributed by atoms with Gasteiger partial charge in [-0.2, -0.15) is 0 Å². The molecule has 0 fully saturated rings. The number of nitrogens with one attached hydrogen (secondary N) is 1. The Bertz CT molecular complexity index is 261. The third-order valence-corrected chi connectivity index (χ3v) is 3.47. The number of ether oxygens (including phenoxy) is 2. The zero-order valence-corrected chi connectivity index (χ0v) is 14.0. The molecular weight excluding hydrogens is 270 g/mol. The van der Waals surface area contributed by atoms with Crippen LogP contribution in [0.15, 0.2) is 0 Å². The number of carbonyl (C=O) groups is 1. The van der Waals surface area contributed by atoms with Crippen molar-refractivity contribution in [1.82, 2.24) is 5.32 Å². The first kappa shape index (κ1) is 20.3. The monoisotopic (exact) mass is 303 g/mol. The van der Waals surface area contributed by atoms with E-state index in [1.54, 1.807) is 6.92 Å². The molecular formula is C16H33NO4. The van der Waals surface area contributed by atoms with Crippen LogP contribution in [0.2, 0.25) is 0 Å². The van der Waals surface area contributed by atoms with Crippen molar-refractivity contribution in [1.29, 1.82) is 0 Å². The van der Waals surface area contributed by atoms with Crippen LogP contribution in [0.5, 0.6) is 0 Å². The van der Waals surface area contributed by atoms with Gasteiger partial charge in [0.25, 0.3) is 0 Å². The molecule has 0 heterocycles. The summed E-state index contributed by atoms with van der Waals surface area (Å²) in [6, 6.07) is 0. The zero-order chi connectivity index (χ0) is 16.0. The highest BCUT2D eigenvalue weighted by Crippen LogP contribution is 2.14. The summed E-state index contributed by atoms with van der Waals surface area (Å²) in [6.07, 6.45) is 5.53. The Morgan fingerprint density at radius 3 is 2.14 bits per heavy atom. The zero-order valence-electron chi connectivity index (χ0n) is 14.0. The summed E-state index contributed by atoms with van der Waals surface area (Å²) < 4.78 is 10.9. The van der Waals surface area contributed by atoms with Gasteiger partial charge in [-0.25, -0.2) is 0 Å². The number of aliphatic carboxylic acids is 1. The molecule has 21 heavy (non-hydrogen) atoms. The van der Waals surface area contributed by atoms with E-state index in [2.05, 4.69) is 12.2 Å². The van der Waals surface area contributed by atoms with Crippen molar-refractivity contribution < 1.29 is 19.4 Å². The van der Waals surface area contributed by atoms with Crippen LogP contribution in [-0.4, -0.2) is 49.6 Å². The Morgan fingerprint density at radius 1 is 1.00 bits per heavy atom. The molecule has 0 saturated carbocycles. The highest BCUT2D eigenvalue weighted by Gasteiger charge is 2.31. The number of carboxylic acids is 1. The minimum Gasteiger partial charge on any atom is -0.480 e. The molecule has 0 aromatic rings. The van der Waals surface area contributed by atoms with Gasteiger partial charge in [-0.3, -0.25) is 4.79 Å². The quantitative estimate of drug-likeness (QED) is 0.455. The average molecular weight is 303 g/mol. The highest BCUT2D eigenvalue weighted by atomic mass is 16.5. The Balaban J connectivity index is 3.56. The fraction of sp³-hybridized carbons (Fsp3) is 0.938. The summed E-state index contributed by atoms with van der Waals surface area (Å²) in [5.74, 6) is -0.777. The fourth-order valence-electron chi connectivity index (χ4n) is 1.92. The van der Waals surface area contributed by atoms with Crippen molar-refractivity contribution in [3.63, 3.8) is 0 Å². The van der Waals surface area contributed by atoms with Crippen LogP contribution >= 0.6 is 0 Å². The first-order valence-corrected chi connectivity index (χ1v) is 8.20. The smallest absolute Gasteiger partial charge is 0.323 e. The van der Waals surface area contributed by atoms with Gasteiger partial charge in [0, 0.05) is 13.2 Å². The summed E-state index contributed by atoms with van der Waals surface area (Å²) in [5, 5.41) is 12.4. The summed E-state index contributed by atoms with van der Waals surface area (Å²) in [4.78, 5) is 11.3. The number of hydrogen-bond acceptors (Lipinski definition) is 4. The molecule has 1 atom stereocenters. The molecule has 5 heteroatoms. The van der Waals surface area contributed by atoms with E-state index in [1.807, 2.05) is 6.92 Å². The van der Waals surface area contributed by atoms with Crippen molar-refractivity contribution in [2.45, 2.75) is 64.8 Å². The van der Waals surface area contributed by atoms with E-state index in [0.29, 0.717) is 26.2 Å². The number of rotatable bonds is 15. The second kappa shape index (κ2) is 13.0. The van der Waals surface area contributed by atoms with Crippen molar-refractivity contribution in [3.8, 4) is 0 Å². The Kier molecular flexibility index (Phi) is 12.6. The molecule has 0 radical (unpaired) electrons. The summed E-state index contributed by atoms with van der Waals surface area (Å²) >= 11 is 0. The topological polar surface area (TPSA) is 67.8 Å². The predicted octanol–water partition coefficient (Wildman–Crippen LogP) is 2.83. The molecule has 2 N–H and O–H groups in total. The molecule has 0 bridgehead atoms. The van der Waals surface area contributed by atoms with Gasteiger partial charge >= 0.3 is 5.97 Å². The van der Waals surface area contributed by atoms with Crippen LogP contribution in [-0.2, 0) is 14.3 Å². The maximum Gasteiger partial charge on any atom is 0.323 e. The van der Waals surface area contributed by atoms with Gasteiger partial charge in [0.05, 0.1) is 13.2 Å². The highest BCUT2D eigenvalue weighted by molar-refractivity contribution is 5.78. The number of carboxylic acid groups (broad SMARTS) is 1. The van der Waals surface area contributed by atoms with E-state index >= 15 is 0 Å². The van der Waals surface area contributed by atoms with E-state index in [0.717, 1.165) is 45.3 Å². The van der Waals surface area contributed by atoms with Crippen molar-refractivity contribution >= 4 is 5.97 Å². The molecule has 0 spiro atoms. The van der Waals surface area contributed by atoms with Crippen LogP contribution in [0.25, 0.3) is 0 Å². The fourth-order valence-corrected chi connectivity index (χ4v) is 1.92. The Hall–Kier alpha value is -0.650. The normalized spacial score (nSPS) is 14.0. The van der Waals surface area contributed by atoms with Gasteiger partial charge in [-0.1, -0.05) is 20.3 Å². The van der Waals surface area contributed by atoms with Gasteiger partial charge in [-0.15, -0.1) is 0 Å². The first-order chi connectivity index (χ1) is 10.1. The van der Waals surface area contributed by atoms with Crippen molar-refractivity contribution in [2.24, 2.45) is 0 Å². The van der Waals surface area contributed by atoms with E-state index in [9.17, 15) is 9.90 Å². The van der Waals surface area contributed by atoms with E-state index in [1.165, 1.54) is 0 Å². The van der Waals surface area contributed by atoms with Gasteiger partial charge < -0.3 is 19.9 Å². The lowest BCUT2D eigenvalue weighted by Crippen LogP contribution is -2.49. The van der Waals surface area contributed by atoms with Crippen molar-refractivity contribution in [3.05, 3.63) is 0 Å². The lowest BCUT2D eigenvalue weighted by molar-refractivity contribution is -0.144. The van der Waals surface area contributed by atoms with Crippen LogP contribution in [0, 0.1) is 0 Å². The lowest BCUT2D eigenvalue weighted by Gasteiger charge is -2.26. The molecule has 0 rings (SSSR count). The predicted molar refractivity (Wildman–Crippen MR) is 84.7 cm³/mol. The van der Waals surface area contributed by atoms with E-state index in [4.69, 9.17) is 9.47 Å². The summed E-state index contributed by atoms with van der Waals surface area (Å²) in [5.41, 5.74) is -0.820. The van der Waals surface area contributed by atoms with Gasteiger partial charge in [0.1, 0.15) is 5.54 Å². The molecule has 0 aromatic carbocycles. The van der Waals surface area contributed by atoms with Crippen LogP contribution in [0.4, 0.5) is 0 Å². The molecule has 0 aromatic heterocycles. The standard InChI is InChI=1S/C16H33NO4/c1-4-6-11-20-13-14-21-12-8-7-9-16(3,15(18)19)17-10-5-2/h17H,4-14H2,1-3H3,(H,18,19). The third-order valence-electron chi connectivity index (χ3n) is 3.47. The molecule has 0 saturated heterocycles. The Labute approximate surface area is 129 Å². The minimum atomic E-state index is -0.820. The molecule has 5 nitrogen and oxygen atoms in total. The third kappa shape index (κ3) is 10.7. The van der Waals surface area contributed by atoms with Gasteiger partial charge in [-0.05, 0) is 45.6 Å². The van der Waals surface area contributed by atoms with Gasteiger partial charge in [0.2, 0.25) is 0 Å². The first-order valence-electron chi connectivity index (χ1n) is 8.20. The summed E-state index contributed by atoms with van der Waals surface area (Å²) in [7, 11) is 0. The number of unbranched alkanes of at least 4 members (excludes halogenated alkanes) is 2. The second-order valence-corrected chi connectivity index (χ2v) is 5.60. The van der Waals surface area contributed by atoms with Gasteiger partial charge in [0.15, 0.2) is 0 Å². The average Bonchev–Trinajstić information content (AvgIpc) is 2.47. The minimum absolute atomic E-state index is 0.619. The lowest BCUT2D eigenvalue weighted by atomic mass is 9.95. The molecule has 0 aliphatic heterocycles. The maximum atomic E-state index is 11.3. The number of hydrogen-bond donors (Lipinski definition) is 2. The molecule has 126 valence electrons. The van der Waals surface area contributed by atoms with Crippen molar-refractivity contribution in [2.75, 3.05) is 33.0 Å². The largest absolute Gasteiger partial charge is 0.480 e. The summed E-state index contributed by atoms with van der Waals surface area (Å²) in [6.45, 7) is 9.40. The van der Waals surface area contributed by atoms with E-state index in [-0.39, 0.29) is 0 Å². The SMILES string of the molecule is CCCCOCCOCCCCC(C)(NCCC)C(=O)O. The molecule has 0 aliphatic rings. The molecule has 1 unspecified atom stereocenters. The van der Waals surface area contributed by atoms with Crippen LogP contribution in [0.3, 0.4) is 0 Å². The maximum absolute atomic E-state index is 11.3. The van der Waals surface area contributed by atoms with Crippen LogP contribution in [0.1, 0.15) is 59.3 Å². The second-order valence-electron chi connectivity index (χ2n) is 5.60. The molecule has 0 aliphatic carbocycles.